The van der Waals surface area contributed by atoms with Crippen molar-refractivity contribution >= 4 is 25.8 Å². The highest BCUT2D eigenvalue weighted by molar-refractivity contribution is 9.09. The van der Waals surface area contributed by atoms with Gasteiger partial charge in [0.2, 0.25) is 0 Å². The normalized spacial score (nSPS) is 17.8. The Kier molecular flexibility index (Phi) is 3.50. The molecule has 0 aromatic heterocycles. The number of alkyl halides is 1. The molecule has 0 radical (unpaired) electrons. The molecular weight excluding hydrogens is 304 g/mol. The standard InChI is InChI=1S/C12H15BrO3S/c1-16-10-2-4-11(5-3-10)17(14,15)9-12(8-13)6-7-12/h2-5H,6-9H2,1H3. The van der Waals surface area contributed by atoms with Crippen molar-refractivity contribution < 1.29 is 13.2 Å². The first-order valence-corrected chi connectivity index (χ1v) is 8.22. The lowest BCUT2D eigenvalue weighted by Crippen LogP contribution is -2.18. The Morgan fingerprint density at radius 2 is 1.88 bits per heavy atom. The molecule has 3 nitrogen and oxygen atoms in total. The van der Waals surface area contributed by atoms with Crippen LogP contribution in [0.2, 0.25) is 0 Å². The zero-order chi connectivity index (χ0) is 12.5. The molecule has 0 saturated heterocycles. The molecule has 0 bridgehead atoms. The molecule has 0 atom stereocenters. The third kappa shape index (κ3) is 2.83. The molecule has 1 fully saturated rings. The maximum atomic E-state index is 12.2. The van der Waals surface area contributed by atoms with E-state index in [4.69, 9.17) is 4.74 Å². The van der Waals surface area contributed by atoms with Gasteiger partial charge in [0.25, 0.3) is 0 Å². The Balaban J connectivity index is 2.19. The van der Waals surface area contributed by atoms with E-state index in [1.165, 1.54) is 0 Å². The SMILES string of the molecule is COc1ccc(S(=O)(=O)CC2(CBr)CC2)cc1. The third-order valence-corrected chi connectivity index (χ3v) is 6.33. The first-order valence-electron chi connectivity index (χ1n) is 5.44. The van der Waals surface area contributed by atoms with E-state index in [0.717, 1.165) is 18.2 Å². The highest BCUT2D eigenvalue weighted by Gasteiger charge is 2.45. The lowest BCUT2D eigenvalue weighted by molar-refractivity contribution is 0.414. The Morgan fingerprint density at radius 3 is 2.29 bits per heavy atom. The smallest absolute Gasteiger partial charge is 0.178 e. The fourth-order valence-electron chi connectivity index (χ4n) is 1.76. The fourth-order valence-corrected chi connectivity index (χ4v) is 4.70. The van der Waals surface area contributed by atoms with Gasteiger partial charge in [0.05, 0.1) is 17.8 Å². The van der Waals surface area contributed by atoms with Gasteiger partial charge in [0.15, 0.2) is 9.84 Å². The molecule has 0 spiro atoms. The van der Waals surface area contributed by atoms with E-state index in [2.05, 4.69) is 15.9 Å². The minimum atomic E-state index is -3.18. The van der Waals surface area contributed by atoms with Crippen LogP contribution in [0.3, 0.4) is 0 Å². The van der Waals surface area contributed by atoms with Crippen molar-refractivity contribution in [3.8, 4) is 5.75 Å². The number of methoxy groups -OCH3 is 1. The largest absolute Gasteiger partial charge is 0.497 e. The van der Waals surface area contributed by atoms with E-state index in [1.54, 1.807) is 31.4 Å². The number of rotatable bonds is 5. The number of benzene rings is 1. The summed E-state index contributed by atoms with van der Waals surface area (Å²) in [5, 5.41) is 0.759. The van der Waals surface area contributed by atoms with Crippen LogP contribution in [-0.2, 0) is 9.84 Å². The highest BCUT2D eigenvalue weighted by atomic mass is 79.9. The maximum absolute atomic E-state index is 12.2. The molecule has 1 aliphatic carbocycles. The fraction of sp³-hybridized carbons (Fsp3) is 0.500. The predicted molar refractivity (Wildman–Crippen MR) is 70.5 cm³/mol. The summed E-state index contributed by atoms with van der Waals surface area (Å²) >= 11 is 3.40. The van der Waals surface area contributed by atoms with E-state index in [0.29, 0.717) is 10.6 Å². The van der Waals surface area contributed by atoms with Gasteiger partial charge in [-0.15, -0.1) is 0 Å². The number of halogens is 1. The Hall–Kier alpha value is -0.550. The van der Waals surface area contributed by atoms with Gasteiger partial charge in [-0.25, -0.2) is 8.42 Å². The van der Waals surface area contributed by atoms with Crippen molar-refractivity contribution in [1.29, 1.82) is 0 Å². The van der Waals surface area contributed by atoms with Crippen LogP contribution in [0.4, 0.5) is 0 Å². The minimum absolute atomic E-state index is 0.0290. The molecule has 5 heteroatoms. The van der Waals surface area contributed by atoms with E-state index >= 15 is 0 Å². The summed E-state index contributed by atoms with van der Waals surface area (Å²) in [6.45, 7) is 0. The highest BCUT2D eigenvalue weighted by Crippen LogP contribution is 2.48. The average Bonchev–Trinajstić information content (AvgIpc) is 3.09. The van der Waals surface area contributed by atoms with Crippen LogP contribution < -0.4 is 4.74 Å². The summed E-state index contributed by atoms with van der Waals surface area (Å²) in [5.74, 6) is 0.906. The second kappa shape index (κ2) is 4.61. The van der Waals surface area contributed by atoms with E-state index < -0.39 is 9.84 Å². The van der Waals surface area contributed by atoms with Gasteiger partial charge < -0.3 is 4.74 Å². The predicted octanol–water partition coefficient (Wildman–Crippen LogP) is 2.64. The molecule has 1 aliphatic rings. The van der Waals surface area contributed by atoms with Crippen molar-refractivity contribution in [3.63, 3.8) is 0 Å². The van der Waals surface area contributed by atoms with Crippen LogP contribution in [0, 0.1) is 5.41 Å². The Labute approximate surface area is 110 Å². The van der Waals surface area contributed by atoms with Crippen molar-refractivity contribution in [2.75, 3.05) is 18.2 Å². The first kappa shape index (κ1) is 12.9. The molecule has 0 N–H and O–H groups in total. The van der Waals surface area contributed by atoms with Gasteiger partial charge in [0.1, 0.15) is 5.75 Å². The van der Waals surface area contributed by atoms with Crippen molar-refractivity contribution in [2.24, 2.45) is 5.41 Å². The zero-order valence-corrected chi connectivity index (χ0v) is 12.1. The lowest BCUT2D eigenvalue weighted by atomic mass is 10.2. The molecule has 0 amide bonds. The maximum Gasteiger partial charge on any atom is 0.178 e. The molecule has 1 aromatic rings. The average molecular weight is 319 g/mol. The van der Waals surface area contributed by atoms with Crippen LogP contribution in [0.5, 0.6) is 5.75 Å². The summed E-state index contributed by atoms with van der Waals surface area (Å²) in [7, 11) is -1.62. The Bertz CT molecular complexity index is 489. The molecule has 0 unspecified atom stereocenters. The van der Waals surface area contributed by atoms with Gasteiger partial charge >= 0.3 is 0 Å². The second-order valence-corrected chi connectivity index (χ2v) is 7.12. The number of sulfone groups is 1. The summed E-state index contributed by atoms with van der Waals surface area (Å²) in [6.07, 6.45) is 1.99. The van der Waals surface area contributed by atoms with Gasteiger partial charge in [0, 0.05) is 5.33 Å². The monoisotopic (exact) mass is 318 g/mol. The first-order chi connectivity index (χ1) is 8.01. The van der Waals surface area contributed by atoms with Crippen molar-refractivity contribution in [3.05, 3.63) is 24.3 Å². The van der Waals surface area contributed by atoms with Gasteiger partial charge in [-0.05, 0) is 42.5 Å². The van der Waals surface area contributed by atoms with Gasteiger partial charge in [-0.3, -0.25) is 0 Å². The van der Waals surface area contributed by atoms with E-state index in [1.807, 2.05) is 0 Å². The van der Waals surface area contributed by atoms with Crippen LogP contribution in [0.1, 0.15) is 12.8 Å². The molecule has 1 saturated carbocycles. The summed E-state index contributed by atoms with van der Waals surface area (Å²) in [6, 6.07) is 6.58. The van der Waals surface area contributed by atoms with Gasteiger partial charge in [-0.1, -0.05) is 15.9 Å². The molecule has 17 heavy (non-hydrogen) atoms. The van der Waals surface area contributed by atoms with Crippen LogP contribution >= 0.6 is 15.9 Å². The number of ether oxygens (including phenoxy) is 1. The molecule has 0 aliphatic heterocycles. The third-order valence-electron chi connectivity index (χ3n) is 3.16. The summed E-state index contributed by atoms with van der Waals surface area (Å²) < 4.78 is 29.4. The molecule has 2 rings (SSSR count). The Morgan fingerprint density at radius 1 is 1.29 bits per heavy atom. The molecule has 94 valence electrons. The van der Waals surface area contributed by atoms with Crippen LogP contribution in [0.15, 0.2) is 29.2 Å². The lowest BCUT2D eigenvalue weighted by Gasteiger charge is -2.12. The van der Waals surface area contributed by atoms with Crippen LogP contribution in [-0.4, -0.2) is 26.6 Å². The zero-order valence-electron chi connectivity index (χ0n) is 9.65. The quantitative estimate of drug-likeness (QED) is 0.784. The molecular formula is C12H15BrO3S. The van der Waals surface area contributed by atoms with Crippen molar-refractivity contribution in [2.45, 2.75) is 17.7 Å². The summed E-state index contributed by atoms with van der Waals surface area (Å²) in [5.41, 5.74) is -0.0290. The molecule has 0 heterocycles. The van der Waals surface area contributed by atoms with Crippen molar-refractivity contribution in [1.82, 2.24) is 0 Å². The van der Waals surface area contributed by atoms with Crippen LogP contribution in [0.25, 0.3) is 0 Å². The van der Waals surface area contributed by atoms with E-state index in [-0.39, 0.29) is 11.2 Å². The van der Waals surface area contributed by atoms with E-state index in [9.17, 15) is 8.42 Å². The molecule has 1 aromatic carbocycles. The number of hydrogen-bond acceptors (Lipinski definition) is 3. The topological polar surface area (TPSA) is 43.4 Å². The van der Waals surface area contributed by atoms with Gasteiger partial charge in [-0.2, -0.15) is 0 Å². The number of hydrogen-bond donors (Lipinski definition) is 0. The minimum Gasteiger partial charge on any atom is -0.497 e. The second-order valence-electron chi connectivity index (χ2n) is 4.57. The summed E-state index contributed by atoms with van der Waals surface area (Å²) in [4.78, 5) is 0.380.